The summed E-state index contributed by atoms with van der Waals surface area (Å²) in [6.07, 6.45) is 0. The fourth-order valence-corrected chi connectivity index (χ4v) is 2.11. The van der Waals surface area contributed by atoms with Gasteiger partial charge < -0.3 is 5.11 Å². The molecule has 6 nitrogen and oxygen atoms in total. The van der Waals surface area contributed by atoms with E-state index in [1.165, 1.54) is 12.1 Å². The third-order valence-corrected chi connectivity index (χ3v) is 3.05. The van der Waals surface area contributed by atoms with Crippen LogP contribution in [0, 0.1) is 16.0 Å². The molecule has 1 rings (SSSR count). The molecular weight excluding hydrogens is 260 g/mol. The maximum Gasteiger partial charge on any atom is 0.317 e. The standard InChI is InChI=1S/C14H20N2O4/c1-10(2)8-15(9-14(17)18)11(3)12-5-4-6-13(7-12)16(19)20/h4-7,10-11H,8-9H2,1-3H3,(H,17,18). The minimum absolute atomic E-state index is 0.0224. The normalized spacial score (nSPS) is 12.7. The van der Waals surface area contributed by atoms with Crippen molar-refractivity contribution in [3.63, 3.8) is 0 Å². The predicted octanol–water partition coefficient (Wildman–Crippen LogP) is 2.70. The van der Waals surface area contributed by atoms with E-state index in [9.17, 15) is 14.9 Å². The highest BCUT2D eigenvalue weighted by Crippen LogP contribution is 2.24. The Balaban J connectivity index is 2.98. The SMILES string of the molecule is CC(C)CN(CC(=O)O)C(C)c1cccc([N+](=O)[O-])c1. The summed E-state index contributed by atoms with van der Waals surface area (Å²) < 4.78 is 0. The summed E-state index contributed by atoms with van der Waals surface area (Å²) in [6.45, 7) is 6.42. The molecule has 0 amide bonds. The molecule has 1 N–H and O–H groups in total. The molecule has 0 spiro atoms. The van der Waals surface area contributed by atoms with Gasteiger partial charge in [0.1, 0.15) is 0 Å². The van der Waals surface area contributed by atoms with Gasteiger partial charge in [-0.1, -0.05) is 26.0 Å². The van der Waals surface area contributed by atoms with Gasteiger partial charge in [-0.3, -0.25) is 19.8 Å². The number of carbonyl (C=O) groups is 1. The first-order chi connectivity index (χ1) is 9.31. The maximum absolute atomic E-state index is 11.0. The number of carboxylic acid groups (broad SMARTS) is 1. The second kappa shape index (κ2) is 7.00. The van der Waals surface area contributed by atoms with Gasteiger partial charge in [-0.05, 0) is 18.4 Å². The Kier molecular flexibility index (Phi) is 5.64. The number of non-ortho nitro benzene ring substituents is 1. The third-order valence-electron chi connectivity index (χ3n) is 3.05. The number of benzene rings is 1. The first-order valence-electron chi connectivity index (χ1n) is 6.51. The molecule has 0 heterocycles. The highest BCUT2D eigenvalue weighted by Gasteiger charge is 2.20. The Labute approximate surface area is 118 Å². The largest absolute Gasteiger partial charge is 0.480 e. The molecule has 0 saturated heterocycles. The van der Waals surface area contributed by atoms with Crippen LogP contribution in [0.5, 0.6) is 0 Å². The van der Waals surface area contributed by atoms with E-state index in [1.54, 1.807) is 12.1 Å². The molecule has 1 unspecified atom stereocenters. The zero-order valence-corrected chi connectivity index (χ0v) is 11.9. The lowest BCUT2D eigenvalue weighted by atomic mass is 10.0. The Morgan fingerprint density at radius 1 is 1.40 bits per heavy atom. The lowest BCUT2D eigenvalue weighted by Crippen LogP contribution is -2.35. The van der Waals surface area contributed by atoms with E-state index in [1.807, 2.05) is 25.7 Å². The Morgan fingerprint density at radius 3 is 2.55 bits per heavy atom. The van der Waals surface area contributed by atoms with Crippen LogP contribution in [0.15, 0.2) is 24.3 Å². The summed E-state index contributed by atoms with van der Waals surface area (Å²) in [5.74, 6) is -0.585. The van der Waals surface area contributed by atoms with E-state index < -0.39 is 10.9 Å². The van der Waals surface area contributed by atoms with Gasteiger partial charge in [-0.2, -0.15) is 0 Å². The minimum atomic E-state index is -0.900. The van der Waals surface area contributed by atoms with Crippen LogP contribution in [0.25, 0.3) is 0 Å². The monoisotopic (exact) mass is 280 g/mol. The summed E-state index contributed by atoms with van der Waals surface area (Å²) in [5, 5.41) is 19.8. The van der Waals surface area contributed by atoms with E-state index >= 15 is 0 Å². The molecule has 0 bridgehead atoms. The van der Waals surface area contributed by atoms with Crippen molar-refractivity contribution in [1.82, 2.24) is 4.90 Å². The molecule has 0 saturated carbocycles. The van der Waals surface area contributed by atoms with E-state index in [0.717, 1.165) is 5.56 Å². The molecule has 0 aliphatic rings. The van der Waals surface area contributed by atoms with Crippen molar-refractivity contribution in [3.8, 4) is 0 Å². The Bertz CT molecular complexity index is 488. The zero-order chi connectivity index (χ0) is 15.3. The number of nitro benzene ring substituents is 1. The third kappa shape index (κ3) is 4.62. The van der Waals surface area contributed by atoms with Crippen LogP contribution in [-0.2, 0) is 4.79 Å². The molecule has 1 aromatic rings. The van der Waals surface area contributed by atoms with Crippen LogP contribution in [0.4, 0.5) is 5.69 Å². The molecule has 0 aromatic heterocycles. The number of nitro groups is 1. The molecule has 1 atom stereocenters. The van der Waals surface area contributed by atoms with Crippen LogP contribution in [0.3, 0.4) is 0 Å². The molecule has 0 aliphatic heterocycles. The van der Waals surface area contributed by atoms with Crippen LogP contribution >= 0.6 is 0 Å². The zero-order valence-electron chi connectivity index (χ0n) is 11.9. The van der Waals surface area contributed by atoms with Crippen molar-refractivity contribution in [2.75, 3.05) is 13.1 Å². The van der Waals surface area contributed by atoms with Gasteiger partial charge in [0.2, 0.25) is 0 Å². The lowest BCUT2D eigenvalue weighted by Gasteiger charge is -2.29. The minimum Gasteiger partial charge on any atom is -0.480 e. The summed E-state index contributed by atoms with van der Waals surface area (Å²) >= 11 is 0. The number of rotatable bonds is 7. The molecule has 110 valence electrons. The summed E-state index contributed by atoms with van der Waals surface area (Å²) in [7, 11) is 0. The van der Waals surface area contributed by atoms with Crippen LogP contribution in [0.1, 0.15) is 32.4 Å². The fourth-order valence-electron chi connectivity index (χ4n) is 2.11. The molecule has 0 fully saturated rings. The van der Waals surface area contributed by atoms with Crippen molar-refractivity contribution < 1.29 is 14.8 Å². The summed E-state index contributed by atoms with van der Waals surface area (Å²) in [5.41, 5.74) is 0.773. The molecule has 1 aromatic carbocycles. The van der Waals surface area contributed by atoms with Crippen molar-refractivity contribution >= 4 is 11.7 Å². The van der Waals surface area contributed by atoms with Gasteiger partial charge in [0.15, 0.2) is 0 Å². The van der Waals surface area contributed by atoms with Crippen molar-refractivity contribution in [3.05, 3.63) is 39.9 Å². The molecule has 6 heteroatoms. The Morgan fingerprint density at radius 2 is 2.05 bits per heavy atom. The van der Waals surface area contributed by atoms with Gasteiger partial charge in [0.05, 0.1) is 11.5 Å². The molecular formula is C14H20N2O4. The van der Waals surface area contributed by atoms with Crippen LogP contribution < -0.4 is 0 Å². The lowest BCUT2D eigenvalue weighted by molar-refractivity contribution is -0.384. The number of nitrogens with zero attached hydrogens (tertiary/aromatic N) is 2. The van der Waals surface area contributed by atoms with Gasteiger partial charge in [0.25, 0.3) is 5.69 Å². The molecule has 20 heavy (non-hydrogen) atoms. The summed E-state index contributed by atoms with van der Waals surface area (Å²) in [4.78, 5) is 23.1. The summed E-state index contributed by atoms with van der Waals surface area (Å²) in [6, 6.07) is 6.15. The number of hydrogen-bond acceptors (Lipinski definition) is 4. The van der Waals surface area contributed by atoms with E-state index in [4.69, 9.17) is 5.11 Å². The van der Waals surface area contributed by atoms with E-state index in [-0.39, 0.29) is 18.3 Å². The van der Waals surface area contributed by atoms with Gasteiger partial charge in [-0.25, -0.2) is 0 Å². The fraction of sp³-hybridized carbons (Fsp3) is 0.500. The van der Waals surface area contributed by atoms with Crippen LogP contribution in [0.2, 0.25) is 0 Å². The maximum atomic E-state index is 11.0. The Hall–Kier alpha value is -1.95. The quantitative estimate of drug-likeness (QED) is 0.613. The second-order valence-electron chi connectivity index (χ2n) is 5.25. The van der Waals surface area contributed by atoms with Crippen molar-refractivity contribution in [2.45, 2.75) is 26.8 Å². The smallest absolute Gasteiger partial charge is 0.317 e. The van der Waals surface area contributed by atoms with Crippen molar-refractivity contribution in [2.24, 2.45) is 5.92 Å². The average molecular weight is 280 g/mol. The number of aliphatic carboxylic acids is 1. The van der Waals surface area contributed by atoms with Crippen molar-refractivity contribution in [1.29, 1.82) is 0 Å². The van der Waals surface area contributed by atoms with Gasteiger partial charge in [0, 0.05) is 24.7 Å². The number of hydrogen-bond donors (Lipinski definition) is 1. The topological polar surface area (TPSA) is 83.7 Å². The van der Waals surface area contributed by atoms with E-state index in [2.05, 4.69) is 0 Å². The van der Waals surface area contributed by atoms with Gasteiger partial charge in [-0.15, -0.1) is 0 Å². The molecule has 0 radical (unpaired) electrons. The number of carboxylic acids is 1. The van der Waals surface area contributed by atoms with Gasteiger partial charge >= 0.3 is 5.97 Å². The average Bonchev–Trinajstić information content (AvgIpc) is 2.36. The highest BCUT2D eigenvalue weighted by molar-refractivity contribution is 5.69. The molecule has 0 aliphatic carbocycles. The highest BCUT2D eigenvalue weighted by atomic mass is 16.6. The van der Waals surface area contributed by atoms with Crippen LogP contribution in [-0.4, -0.2) is 34.0 Å². The predicted molar refractivity (Wildman–Crippen MR) is 75.6 cm³/mol. The van der Waals surface area contributed by atoms with E-state index in [0.29, 0.717) is 12.5 Å². The second-order valence-corrected chi connectivity index (χ2v) is 5.25. The first-order valence-corrected chi connectivity index (χ1v) is 6.51. The first kappa shape index (κ1) is 16.1.